The lowest BCUT2D eigenvalue weighted by Gasteiger charge is -2.33. The summed E-state index contributed by atoms with van der Waals surface area (Å²) in [7, 11) is 3.64. The van der Waals surface area contributed by atoms with Gasteiger partial charge in [0.05, 0.1) is 12.1 Å². The third-order valence-corrected chi connectivity index (χ3v) is 6.07. The molecule has 0 N–H and O–H groups in total. The summed E-state index contributed by atoms with van der Waals surface area (Å²) in [6.45, 7) is 0.562. The van der Waals surface area contributed by atoms with Crippen LogP contribution in [0.3, 0.4) is 0 Å². The van der Waals surface area contributed by atoms with Crippen LogP contribution in [0.2, 0.25) is 10.0 Å². The number of nitrogens with zero attached hydrogens (tertiary/aromatic N) is 4. The van der Waals surface area contributed by atoms with Crippen LogP contribution in [0.1, 0.15) is 24.8 Å². The summed E-state index contributed by atoms with van der Waals surface area (Å²) >= 11 is 12.2. The van der Waals surface area contributed by atoms with Crippen LogP contribution in [-0.2, 0) is 6.42 Å². The van der Waals surface area contributed by atoms with Crippen molar-refractivity contribution in [3.05, 3.63) is 33.8 Å². The van der Waals surface area contributed by atoms with Gasteiger partial charge in [0.2, 0.25) is 0 Å². The summed E-state index contributed by atoms with van der Waals surface area (Å²) in [6, 6.07) is 5.93. The minimum absolute atomic E-state index is 0.0198. The van der Waals surface area contributed by atoms with Crippen molar-refractivity contribution in [2.45, 2.75) is 43.8 Å². The fraction of sp³-hybridized carbons (Fsp3) is 0.556. The molecule has 25 heavy (non-hydrogen) atoms. The van der Waals surface area contributed by atoms with Gasteiger partial charge in [-0.15, -0.1) is 0 Å². The quantitative estimate of drug-likeness (QED) is 0.749. The standard InChI is InChI=1S/C18H22Cl2N4O/c1-22(8-7-12-9-13(19)3-5-15(12)20)18(25)23(2)17-10-14-4-6-16(17)24(14)11-21/h3,5,9,14,16-17H,4,6-8,10H2,1-2H3/t14-,16+,17+/m0/s1. The first-order valence-electron chi connectivity index (χ1n) is 8.52. The second-order valence-electron chi connectivity index (χ2n) is 6.91. The Balaban J connectivity index is 1.59. The second kappa shape index (κ2) is 7.31. The van der Waals surface area contributed by atoms with Crippen LogP contribution in [0.5, 0.6) is 0 Å². The highest BCUT2D eigenvalue weighted by Gasteiger charge is 2.48. The Bertz CT molecular complexity index is 705. The van der Waals surface area contributed by atoms with E-state index in [1.807, 2.05) is 18.0 Å². The zero-order valence-electron chi connectivity index (χ0n) is 14.5. The van der Waals surface area contributed by atoms with Gasteiger partial charge < -0.3 is 14.7 Å². The Hall–Kier alpha value is -1.64. The molecule has 1 aromatic carbocycles. The zero-order chi connectivity index (χ0) is 18.1. The Kier molecular flexibility index (Phi) is 5.31. The van der Waals surface area contributed by atoms with E-state index in [1.165, 1.54) is 0 Å². The number of nitriles is 1. The predicted octanol–water partition coefficient (Wildman–Crippen LogP) is 3.61. The lowest BCUT2D eigenvalue weighted by Crippen LogP contribution is -2.49. The van der Waals surface area contributed by atoms with Gasteiger partial charge in [-0.05, 0) is 49.4 Å². The van der Waals surface area contributed by atoms with Crippen molar-refractivity contribution in [2.75, 3.05) is 20.6 Å². The van der Waals surface area contributed by atoms with Crippen molar-refractivity contribution in [2.24, 2.45) is 0 Å². The second-order valence-corrected chi connectivity index (χ2v) is 7.75. The van der Waals surface area contributed by atoms with Gasteiger partial charge in [-0.2, -0.15) is 5.26 Å². The van der Waals surface area contributed by atoms with Crippen molar-refractivity contribution >= 4 is 29.2 Å². The Morgan fingerprint density at radius 3 is 2.80 bits per heavy atom. The van der Waals surface area contributed by atoms with E-state index in [2.05, 4.69) is 6.19 Å². The Labute approximate surface area is 158 Å². The van der Waals surface area contributed by atoms with E-state index in [4.69, 9.17) is 23.2 Å². The number of likely N-dealkylation sites (N-methyl/N-ethyl adjacent to an activating group) is 2. The molecule has 0 aromatic heterocycles. The molecule has 3 atom stereocenters. The van der Waals surface area contributed by atoms with Crippen LogP contribution in [0.25, 0.3) is 0 Å². The summed E-state index contributed by atoms with van der Waals surface area (Å²) in [4.78, 5) is 18.1. The van der Waals surface area contributed by atoms with Crippen molar-refractivity contribution in [3.8, 4) is 6.19 Å². The van der Waals surface area contributed by atoms with Crippen LogP contribution in [0, 0.1) is 11.5 Å². The molecule has 2 fully saturated rings. The molecule has 0 radical (unpaired) electrons. The lowest BCUT2D eigenvalue weighted by atomic mass is 9.94. The van der Waals surface area contributed by atoms with E-state index < -0.39 is 0 Å². The molecule has 5 nitrogen and oxygen atoms in total. The fourth-order valence-electron chi connectivity index (χ4n) is 4.06. The van der Waals surface area contributed by atoms with E-state index >= 15 is 0 Å². The van der Waals surface area contributed by atoms with Crippen molar-refractivity contribution < 1.29 is 4.79 Å². The summed E-state index contributed by atoms with van der Waals surface area (Å²) in [5, 5.41) is 10.6. The van der Waals surface area contributed by atoms with E-state index in [0.29, 0.717) is 29.1 Å². The first-order chi connectivity index (χ1) is 11.9. The van der Waals surface area contributed by atoms with Crippen LogP contribution in [0.15, 0.2) is 18.2 Å². The Morgan fingerprint density at radius 1 is 1.36 bits per heavy atom. The number of benzene rings is 1. The lowest BCUT2D eigenvalue weighted by molar-refractivity contribution is 0.144. The van der Waals surface area contributed by atoms with Crippen LogP contribution < -0.4 is 0 Å². The highest BCUT2D eigenvalue weighted by molar-refractivity contribution is 6.33. The molecule has 0 spiro atoms. The van der Waals surface area contributed by atoms with Crippen molar-refractivity contribution in [1.82, 2.24) is 14.7 Å². The minimum atomic E-state index is -0.0198. The average Bonchev–Trinajstić information content (AvgIpc) is 3.17. The van der Waals surface area contributed by atoms with Crippen LogP contribution in [-0.4, -0.2) is 59.5 Å². The normalized spacial score (nSPS) is 24.3. The molecule has 1 aromatic rings. The molecule has 2 aliphatic rings. The molecule has 2 bridgehead atoms. The SMILES string of the molecule is CN(CCc1cc(Cl)ccc1Cl)C(=O)N(C)[C@@H]1C[C@@H]2CC[C@H]1N2C#N. The highest BCUT2D eigenvalue weighted by Crippen LogP contribution is 2.39. The van der Waals surface area contributed by atoms with Crippen LogP contribution >= 0.6 is 23.2 Å². The third-order valence-electron chi connectivity index (χ3n) is 5.47. The smallest absolute Gasteiger partial charge is 0.319 e. The molecule has 0 saturated carbocycles. The number of hydrogen-bond donors (Lipinski definition) is 0. The number of carbonyl (C=O) groups is 1. The first-order valence-corrected chi connectivity index (χ1v) is 9.28. The van der Waals surface area contributed by atoms with Crippen LogP contribution in [0.4, 0.5) is 4.79 Å². The molecule has 2 heterocycles. The van der Waals surface area contributed by atoms with E-state index in [1.54, 1.807) is 29.0 Å². The van der Waals surface area contributed by atoms with Gasteiger partial charge in [0.15, 0.2) is 6.19 Å². The molecular weight excluding hydrogens is 359 g/mol. The number of fused-ring (bicyclic) bond motifs is 2. The van der Waals surface area contributed by atoms with Gasteiger partial charge in [-0.1, -0.05) is 23.2 Å². The molecule has 2 saturated heterocycles. The average molecular weight is 381 g/mol. The van der Waals surface area contributed by atoms with Gasteiger partial charge in [-0.3, -0.25) is 0 Å². The molecular formula is C18H22Cl2N4O. The molecule has 7 heteroatoms. The number of amides is 2. The predicted molar refractivity (Wildman–Crippen MR) is 98.6 cm³/mol. The number of carbonyl (C=O) groups excluding carboxylic acids is 1. The van der Waals surface area contributed by atoms with Gasteiger partial charge in [0.1, 0.15) is 0 Å². The van der Waals surface area contributed by atoms with Crippen molar-refractivity contribution in [1.29, 1.82) is 5.26 Å². The zero-order valence-corrected chi connectivity index (χ0v) is 16.0. The van der Waals surface area contributed by atoms with E-state index in [-0.39, 0.29) is 18.1 Å². The monoisotopic (exact) mass is 380 g/mol. The van der Waals surface area contributed by atoms with Gasteiger partial charge in [-0.25, -0.2) is 4.79 Å². The molecule has 3 rings (SSSR count). The molecule has 0 unspecified atom stereocenters. The maximum absolute atomic E-state index is 12.8. The molecule has 0 aliphatic carbocycles. The summed E-state index contributed by atoms with van der Waals surface area (Å²) in [6.07, 6.45) is 5.87. The number of halogens is 2. The number of hydrogen-bond acceptors (Lipinski definition) is 3. The molecule has 134 valence electrons. The first kappa shape index (κ1) is 18.2. The maximum atomic E-state index is 12.8. The summed E-state index contributed by atoms with van der Waals surface area (Å²) in [5.41, 5.74) is 0.937. The summed E-state index contributed by atoms with van der Waals surface area (Å²) in [5.74, 6) is 0. The Morgan fingerprint density at radius 2 is 2.12 bits per heavy atom. The molecule has 2 aliphatic heterocycles. The summed E-state index contributed by atoms with van der Waals surface area (Å²) < 4.78 is 0. The van der Waals surface area contributed by atoms with E-state index in [0.717, 1.165) is 24.8 Å². The third kappa shape index (κ3) is 3.51. The highest BCUT2D eigenvalue weighted by atomic mass is 35.5. The fourth-order valence-corrected chi connectivity index (χ4v) is 4.47. The van der Waals surface area contributed by atoms with Gasteiger partial charge in [0, 0.05) is 36.7 Å². The topological polar surface area (TPSA) is 50.6 Å². The van der Waals surface area contributed by atoms with Crippen molar-refractivity contribution in [3.63, 3.8) is 0 Å². The van der Waals surface area contributed by atoms with Gasteiger partial charge in [0.25, 0.3) is 0 Å². The number of rotatable bonds is 4. The number of urea groups is 1. The minimum Gasteiger partial charge on any atom is -0.327 e. The largest absolute Gasteiger partial charge is 0.327 e. The molecule has 2 amide bonds. The van der Waals surface area contributed by atoms with E-state index in [9.17, 15) is 10.1 Å². The maximum Gasteiger partial charge on any atom is 0.319 e. The van der Waals surface area contributed by atoms with Gasteiger partial charge >= 0.3 is 6.03 Å².